The van der Waals surface area contributed by atoms with E-state index < -0.39 is 23.2 Å². The fourth-order valence-electron chi connectivity index (χ4n) is 11.4. The summed E-state index contributed by atoms with van der Waals surface area (Å²) < 4.78 is 60.7. The molecule has 346 valence electrons. The number of carbonyl (C=O) groups is 1. The Morgan fingerprint density at radius 2 is 1.76 bits per heavy atom. The highest BCUT2D eigenvalue weighted by Gasteiger charge is 2.59. The zero-order valence-electron chi connectivity index (χ0n) is 38.3. The first-order chi connectivity index (χ1) is 32.1. The Kier molecular flexibility index (Phi) is 9.06. The first-order valence-electron chi connectivity index (χ1n) is 23.0. The Bertz CT molecular complexity index is 3300. The normalized spacial score (nSPS) is 24.8. The SMILES string of the molecule is Cc1cc(-n2nc3c(c2/N=C2/OC[C@@H]4COc5cc6c(cnn6C)c(F)c5N24)[C@H](C)N(C(=O)c2cc4cc([C@H]5CCOC(C)(C)C5)ccc4n2[C@@]2(c4noc(=O)[nH]4)C[C@@H]2C)CC3)cc(C)c1F. The summed E-state index contributed by atoms with van der Waals surface area (Å²) in [5, 5.41) is 14.8. The van der Waals surface area contributed by atoms with Gasteiger partial charge >= 0.3 is 5.76 Å². The molecule has 0 unspecified atom stereocenters. The summed E-state index contributed by atoms with van der Waals surface area (Å²) in [7, 11) is 1.75. The number of aromatic nitrogens is 7. The number of hydrogen-bond donors (Lipinski definition) is 1. The lowest BCUT2D eigenvalue weighted by molar-refractivity contribution is -0.0592. The molecule has 18 heteroatoms. The van der Waals surface area contributed by atoms with Crippen LogP contribution in [0.1, 0.15) is 103 Å². The van der Waals surface area contributed by atoms with E-state index in [2.05, 4.69) is 54.2 Å². The molecule has 0 radical (unpaired) electrons. The first-order valence-corrected chi connectivity index (χ1v) is 23.0. The Hall–Kier alpha value is -6.82. The molecule has 12 rings (SSSR count). The molecule has 0 bridgehead atoms. The van der Waals surface area contributed by atoms with Crippen molar-refractivity contribution in [3.05, 3.63) is 110 Å². The molecule has 2 saturated heterocycles. The number of nitrogens with zero attached hydrogens (tertiary/aromatic N) is 9. The number of fused-ring (bicyclic) bond motifs is 6. The van der Waals surface area contributed by atoms with Crippen molar-refractivity contribution >= 4 is 45.2 Å². The largest absolute Gasteiger partial charge is 0.489 e. The molecular weight excluding hydrogens is 863 g/mol. The smallest absolute Gasteiger partial charge is 0.438 e. The van der Waals surface area contributed by atoms with Crippen LogP contribution in [0, 0.1) is 31.4 Å². The van der Waals surface area contributed by atoms with Crippen molar-refractivity contribution in [2.75, 3.05) is 31.3 Å². The summed E-state index contributed by atoms with van der Waals surface area (Å²) in [6.45, 7) is 13.1. The van der Waals surface area contributed by atoms with Crippen molar-refractivity contribution in [2.24, 2.45) is 18.0 Å². The van der Waals surface area contributed by atoms with Crippen molar-refractivity contribution in [3.8, 4) is 11.4 Å². The van der Waals surface area contributed by atoms with E-state index in [4.69, 9.17) is 28.8 Å². The van der Waals surface area contributed by atoms with E-state index in [9.17, 15) is 4.79 Å². The number of anilines is 1. The number of H-pyrrole nitrogens is 1. The van der Waals surface area contributed by atoms with Gasteiger partial charge in [-0.15, -0.1) is 0 Å². The molecule has 1 amide bonds. The molecule has 0 spiro atoms. The van der Waals surface area contributed by atoms with Gasteiger partial charge < -0.3 is 23.7 Å². The fraction of sp³-hybridized carbons (Fsp3) is 0.429. The van der Waals surface area contributed by atoms with Gasteiger partial charge in [0.15, 0.2) is 17.5 Å². The summed E-state index contributed by atoms with van der Waals surface area (Å²) in [5.74, 6) is -0.355. The van der Waals surface area contributed by atoms with Gasteiger partial charge in [-0.05, 0) is 113 Å². The molecule has 16 nitrogen and oxygen atoms in total. The minimum atomic E-state index is -0.840. The monoisotopic (exact) mass is 912 g/mol. The van der Waals surface area contributed by atoms with Gasteiger partial charge in [-0.2, -0.15) is 15.2 Å². The third-order valence-electron chi connectivity index (χ3n) is 14.9. The number of ether oxygens (including phenoxy) is 3. The number of benzene rings is 3. The van der Waals surface area contributed by atoms with Crippen LogP contribution >= 0.6 is 0 Å². The number of amides is 1. The number of halogens is 2. The highest BCUT2D eigenvalue weighted by Crippen LogP contribution is 2.56. The number of aryl methyl sites for hydroxylation is 3. The van der Waals surface area contributed by atoms with E-state index in [-0.39, 0.29) is 60.1 Å². The number of amidine groups is 1. The number of aliphatic imine (C=N–C) groups is 1. The summed E-state index contributed by atoms with van der Waals surface area (Å²) in [6, 6.07) is 12.8. The van der Waals surface area contributed by atoms with Crippen LogP contribution in [-0.2, 0) is 28.5 Å². The van der Waals surface area contributed by atoms with Crippen LogP contribution in [0.2, 0.25) is 0 Å². The van der Waals surface area contributed by atoms with E-state index in [0.29, 0.717) is 88.1 Å². The van der Waals surface area contributed by atoms with Crippen molar-refractivity contribution in [1.82, 2.24) is 39.2 Å². The van der Waals surface area contributed by atoms with Gasteiger partial charge in [0.05, 0.1) is 40.1 Å². The van der Waals surface area contributed by atoms with Crippen LogP contribution in [0.25, 0.3) is 27.5 Å². The van der Waals surface area contributed by atoms with Crippen molar-refractivity contribution in [3.63, 3.8) is 0 Å². The van der Waals surface area contributed by atoms with Crippen LogP contribution < -0.4 is 15.4 Å². The maximum atomic E-state index is 16.6. The van der Waals surface area contributed by atoms with Crippen molar-refractivity contribution in [2.45, 2.75) is 96.4 Å². The second kappa shape index (κ2) is 14.6. The van der Waals surface area contributed by atoms with E-state index in [1.165, 1.54) is 11.8 Å². The maximum absolute atomic E-state index is 16.6. The molecule has 4 aromatic heterocycles. The van der Waals surface area contributed by atoms with E-state index in [0.717, 1.165) is 23.7 Å². The number of aromatic amines is 1. The van der Waals surface area contributed by atoms with Gasteiger partial charge in [0.1, 0.15) is 47.7 Å². The third-order valence-corrected chi connectivity index (χ3v) is 14.9. The zero-order chi connectivity index (χ0) is 46.4. The standard InChI is InChI=1S/C49H50F2N10O6/c1-24-14-31(15-25(2)40(24)50)61-43(53-46-59-32(23-65-46)22-64-38-18-36-33(21-52-57(36)7)41(51)42(38)59)39-27(4)58(12-10-34(39)55-61)44(62)37-17-30-16-28(29-11-13-66-48(5,6)20-29)8-9-35(30)60(37)49(19-26(49)3)45-54-47(63)67-56-45/h8-9,14-18,21,26-27,29,32H,10-13,19-20,22-23H2,1-7H3,(H,54,56,63)/b53-46+/t26-,27-,29-,32-,49-/m0/s1. The molecule has 5 aliphatic rings. The topological polar surface area (TPSA) is 163 Å². The summed E-state index contributed by atoms with van der Waals surface area (Å²) in [5.41, 5.74) is 4.97. The van der Waals surface area contributed by atoms with E-state index in [1.807, 2.05) is 22.5 Å². The van der Waals surface area contributed by atoms with Gasteiger partial charge in [0, 0.05) is 49.2 Å². The van der Waals surface area contributed by atoms with Gasteiger partial charge in [-0.1, -0.05) is 18.1 Å². The Balaban J connectivity index is 0.996. The third kappa shape index (κ3) is 6.23. The Morgan fingerprint density at radius 3 is 2.49 bits per heavy atom. The molecule has 8 heterocycles. The quantitative estimate of drug-likeness (QED) is 0.174. The number of carbonyl (C=O) groups excluding carboxylic acids is 1. The average molecular weight is 913 g/mol. The van der Waals surface area contributed by atoms with Crippen molar-refractivity contribution in [1.29, 1.82) is 0 Å². The molecule has 4 aliphatic heterocycles. The maximum Gasteiger partial charge on any atom is 0.438 e. The number of nitrogens with one attached hydrogen (secondary N) is 1. The van der Waals surface area contributed by atoms with Gasteiger partial charge in [-0.3, -0.25) is 23.9 Å². The second-order valence-electron chi connectivity index (χ2n) is 19.6. The predicted molar refractivity (Wildman–Crippen MR) is 244 cm³/mol. The lowest BCUT2D eigenvalue weighted by atomic mass is 9.83. The zero-order valence-corrected chi connectivity index (χ0v) is 38.3. The van der Waals surface area contributed by atoms with Gasteiger partial charge in [0.25, 0.3) is 11.9 Å². The Morgan fingerprint density at radius 1 is 0.985 bits per heavy atom. The molecule has 3 fully saturated rings. The van der Waals surface area contributed by atoms with Crippen molar-refractivity contribution < 1.29 is 32.3 Å². The number of rotatable bonds is 6. The Labute approximate surface area is 383 Å². The molecule has 5 atom stereocenters. The predicted octanol–water partition coefficient (Wildman–Crippen LogP) is 7.79. The minimum Gasteiger partial charge on any atom is -0.489 e. The fourth-order valence-corrected chi connectivity index (χ4v) is 11.4. The summed E-state index contributed by atoms with van der Waals surface area (Å²) in [4.78, 5) is 39.7. The van der Waals surface area contributed by atoms with E-state index in [1.54, 1.807) is 53.4 Å². The molecule has 1 saturated carbocycles. The highest BCUT2D eigenvalue weighted by molar-refractivity contribution is 6.02. The lowest BCUT2D eigenvalue weighted by Gasteiger charge is -2.35. The summed E-state index contributed by atoms with van der Waals surface area (Å²) in [6.07, 6.45) is 4.25. The molecule has 3 aromatic carbocycles. The molecule has 67 heavy (non-hydrogen) atoms. The second-order valence-corrected chi connectivity index (χ2v) is 19.6. The van der Waals surface area contributed by atoms with Gasteiger partial charge in [0.2, 0.25) is 0 Å². The number of hydrogen-bond acceptors (Lipinski definition) is 10. The highest BCUT2D eigenvalue weighted by atomic mass is 19.1. The minimum absolute atomic E-state index is 0.0136. The molecule has 7 aromatic rings. The van der Waals surface area contributed by atoms with E-state index >= 15 is 13.6 Å². The van der Waals surface area contributed by atoms with Crippen LogP contribution in [-0.4, -0.2) is 89.1 Å². The lowest BCUT2D eigenvalue weighted by Crippen LogP contribution is -2.42. The summed E-state index contributed by atoms with van der Waals surface area (Å²) >= 11 is 0. The first kappa shape index (κ1) is 41.6. The molecule has 1 N–H and O–H groups in total. The molecular formula is C49H50F2N10O6. The van der Waals surface area contributed by atoms with Crippen LogP contribution in [0.4, 0.5) is 20.3 Å². The van der Waals surface area contributed by atoms with Crippen LogP contribution in [0.5, 0.6) is 5.75 Å². The average Bonchev–Trinajstić information content (AvgIpc) is 3.94. The van der Waals surface area contributed by atoms with Gasteiger partial charge in [-0.25, -0.2) is 18.3 Å². The molecule has 1 aliphatic carbocycles. The van der Waals surface area contributed by atoms with Crippen LogP contribution in [0.3, 0.4) is 0 Å². The van der Waals surface area contributed by atoms with Crippen LogP contribution in [0.15, 0.2) is 63.0 Å².